The number of carboxylic acids is 1. The van der Waals surface area contributed by atoms with Crippen molar-refractivity contribution in [3.63, 3.8) is 0 Å². The van der Waals surface area contributed by atoms with Crippen LogP contribution in [0.3, 0.4) is 0 Å². The number of halogens is 1. The molecule has 1 aromatic heterocycles. The molecule has 0 amide bonds. The number of anilines is 2. The molecule has 0 spiro atoms. The van der Waals surface area contributed by atoms with Crippen LogP contribution in [-0.4, -0.2) is 29.1 Å². The van der Waals surface area contributed by atoms with Gasteiger partial charge in [-0.1, -0.05) is 31.5 Å². The average Bonchev–Trinajstić information content (AvgIpc) is 3.44. The summed E-state index contributed by atoms with van der Waals surface area (Å²) in [4.78, 5) is 17.7. The quantitative estimate of drug-likeness (QED) is 0.659. The number of nitrogens with zero attached hydrogens (tertiary/aromatic N) is 2. The number of rotatable bonds is 9. The van der Waals surface area contributed by atoms with E-state index < -0.39 is 5.97 Å². The topological polar surface area (TPSA) is 65.5 Å². The van der Waals surface area contributed by atoms with Crippen LogP contribution in [0.15, 0.2) is 36.5 Å². The summed E-state index contributed by atoms with van der Waals surface area (Å²) in [5.41, 5.74) is 3.20. The van der Waals surface area contributed by atoms with Gasteiger partial charge >= 0.3 is 5.97 Å². The zero-order valence-corrected chi connectivity index (χ0v) is 16.5. The Morgan fingerprint density at radius 3 is 2.78 bits per heavy atom. The molecule has 1 aliphatic rings. The molecule has 1 fully saturated rings. The fourth-order valence-electron chi connectivity index (χ4n) is 3.14. The number of benzene rings is 1. The van der Waals surface area contributed by atoms with Crippen molar-refractivity contribution in [2.24, 2.45) is 5.92 Å². The van der Waals surface area contributed by atoms with Crippen LogP contribution in [0.5, 0.6) is 0 Å². The summed E-state index contributed by atoms with van der Waals surface area (Å²) < 4.78 is 0. The minimum Gasteiger partial charge on any atom is -0.480 e. The Morgan fingerprint density at radius 1 is 1.37 bits per heavy atom. The minimum atomic E-state index is -0.910. The van der Waals surface area contributed by atoms with Crippen molar-refractivity contribution in [3.05, 3.63) is 52.7 Å². The van der Waals surface area contributed by atoms with E-state index >= 15 is 0 Å². The molecule has 1 aliphatic carbocycles. The van der Waals surface area contributed by atoms with Gasteiger partial charge in [0.2, 0.25) is 0 Å². The first-order valence-electron chi connectivity index (χ1n) is 9.38. The molecule has 0 aliphatic heterocycles. The lowest BCUT2D eigenvalue weighted by Crippen LogP contribution is -2.26. The molecule has 1 saturated carbocycles. The first-order valence-corrected chi connectivity index (χ1v) is 9.76. The molecular weight excluding hydrogens is 362 g/mol. The fourth-order valence-corrected chi connectivity index (χ4v) is 3.32. The molecular formula is C21H26ClN3O2. The van der Waals surface area contributed by atoms with Crippen molar-refractivity contribution in [2.45, 2.75) is 39.2 Å². The van der Waals surface area contributed by atoms with E-state index in [9.17, 15) is 9.90 Å². The second-order valence-electron chi connectivity index (χ2n) is 7.50. The monoisotopic (exact) mass is 387 g/mol. The van der Waals surface area contributed by atoms with E-state index in [1.54, 1.807) is 17.0 Å². The van der Waals surface area contributed by atoms with E-state index in [0.717, 1.165) is 18.8 Å². The maximum absolute atomic E-state index is 11.4. The van der Waals surface area contributed by atoms with E-state index in [2.05, 4.69) is 24.1 Å². The van der Waals surface area contributed by atoms with Crippen LogP contribution in [0.2, 0.25) is 5.02 Å². The van der Waals surface area contributed by atoms with Gasteiger partial charge in [-0.2, -0.15) is 0 Å². The fraction of sp³-hybridized carbons (Fsp3) is 0.429. The summed E-state index contributed by atoms with van der Waals surface area (Å²) >= 11 is 6.11. The molecule has 1 aromatic carbocycles. The van der Waals surface area contributed by atoms with Crippen molar-refractivity contribution < 1.29 is 9.90 Å². The van der Waals surface area contributed by atoms with Crippen molar-refractivity contribution in [1.82, 2.24) is 10.3 Å². The number of pyridine rings is 1. The number of nitrogens with one attached hydrogen (secondary N) is 1. The Bertz CT molecular complexity index is 806. The van der Waals surface area contributed by atoms with E-state index in [4.69, 9.17) is 11.6 Å². The molecule has 2 N–H and O–H groups in total. The third-order valence-corrected chi connectivity index (χ3v) is 4.82. The third-order valence-electron chi connectivity index (χ3n) is 4.58. The van der Waals surface area contributed by atoms with E-state index in [-0.39, 0.29) is 6.54 Å². The van der Waals surface area contributed by atoms with Crippen molar-refractivity contribution >= 4 is 29.1 Å². The number of carbonyl (C=O) groups is 1. The smallest absolute Gasteiger partial charge is 0.323 e. The molecule has 5 nitrogen and oxygen atoms in total. The number of carboxylic acid groups (broad SMARTS) is 1. The van der Waals surface area contributed by atoms with Crippen LogP contribution in [0.1, 0.15) is 43.7 Å². The highest BCUT2D eigenvalue weighted by atomic mass is 35.5. The second-order valence-corrected chi connectivity index (χ2v) is 7.94. The Morgan fingerprint density at radius 2 is 2.15 bits per heavy atom. The Kier molecular flexibility index (Phi) is 6.34. The summed E-state index contributed by atoms with van der Waals surface area (Å²) in [5, 5.41) is 13.4. The van der Waals surface area contributed by atoms with Gasteiger partial charge in [0, 0.05) is 23.5 Å². The lowest BCUT2D eigenvalue weighted by molar-refractivity contribution is -0.135. The lowest BCUT2D eigenvalue weighted by atomic mass is 10.0. The van der Waals surface area contributed by atoms with Gasteiger partial charge in [0.25, 0.3) is 0 Å². The molecule has 144 valence electrons. The van der Waals surface area contributed by atoms with Gasteiger partial charge in [0.1, 0.15) is 12.4 Å². The molecule has 0 unspecified atom stereocenters. The summed E-state index contributed by atoms with van der Waals surface area (Å²) in [6.07, 6.45) is 4.24. The summed E-state index contributed by atoms with van der Waals surface area (Å²) in [7, 11) is 0. The molecule has 0 bridgehead atoms. The lowest BCUT2D eigenvalue weighted by Gasteiger charge is -2.23. The molecule has 6 heteroatoms. The largest absolute Gasteiger partial charge is 0.480 e. The number of aliphatic carboxylic acids is 1. The van der Waals surface area contributed by atoms with Gasteiger partial charge in [-0.3, -0.25) is 4.79 Å². The Hall–Kier alpha value is -2.11. The maximum atomic E-state index is 11.4. The summed E-state index contributed by atoms with van der Waals surface area (Å²) in [6, 6.07) is 9.26. The van der Waals surface area contributed by atoms with Gasteiger partial charge in [0.15, 0.2) is 0 Å². The molecule has 0 atom stereocenters. The maximum Gasteiger partial charge on any atom is 0.323 e. The standard InChI is InChI=1S/C21H26ClN3O2/c1-14(2)10-23-11-16-12-24-20(9-19(16)15-6-7-15)25(13-21(26)27)18-5-3-4-17(22)8-18/h3-5,8-9,12,14-15,23H,6-7,10-11,13H2,1-2H3,(H,26,27). The second kappa shape index (κ2) is 8.72. The van der Waals surface area contributed by atoms with Crippen molar-refractivity contribution in [1.29, 1.82) is 0 Å². The third kappa shape index (κ3) is 5.44. The Balaban J connectivity index is 1.90. The van der Waals surface area contributed by atoms with E-state index in [1.807, 2.05) is 24.4 Å². The molecule has 2 aromatic rings. The van der Waals surface area contributed by atoms with E-state index in [1.165, 1.54) is 24.0 Å². The van der Waals surface area contributed by atoms with Crippen LogP contribution in [-0.2, 0) is 11.3 Å². The van der Waals surface area contributed by atoms with Gasteiger partial charge in [0.05, 0.1) is 0 Å². The highest BCUT2D eigenvalue weighted by molar-refractivity contribution is 6.30. The summed E-state index contributed by atoms with van der Waals surface area (Å²) in [5.74, 6) is 0.880. The predicted molar refractivity (Wildman–Crippen MR) is 109 cm³/mol. The normalized spacial score (nSPS) is 13.8. The molecule has 0 saturated heterocycles. The van der Waals surface area contributed by atoms with E-state index in [0.29, 0.717) is 22.7 Å². The molecule has 0 radical (unpaired) electrons. The number of hydrogen-bond donors (Lipinski definition) is 2. The molecule has 1 heterocycles. The van der Waals surface area contributed by atoms with Gasteiger partial charge < -0.3 is 15.3 Å². The van der Waals surface area contributed by atoms with Gasteiger partial charge in [-0.25, -0.2) is 4.98 Å². The first-order chi connectivity index (χ1) is 12.9. The van der Waals surface area contributed by atoms with Gasteiger partial charge in [-0.15, -0.1) is 0 Å². The highest BCUT2D eigenvalue weighted by Gasteiger charge is 2.27. The zero-order chi connectivity index (χ0) is 19.4. The number of hydrogen-bond acceptors (Lipinski definition) is 4. The first kappa shape index (κ1) is 19.6. The van der Waals surface area contributed by atoms with Crippen LogP contribution in [0, 0.1) is 5.92 Å². The number of aromatic nitrogens is 1. The summed E-state index contributed by atoms with van der Waals surface area (Å²) in [6.45, 7) is 5.95. The molecule has 27 heavy (non-hydrogen) atoms. The molecule has 3 rings (SSSR count). The highest BCUT2D eigenvalue weighted by Crippen LogP contribution is 2.43. The SMILES string of the molecule is CC(C)CNCc1cnc(N(CC(=O)O)c2cccc(Cl)c2)cc1C1CC1. The van der Waals surface area contributed by atoms with Crippen molar-refractivity contribution in [2.75, 3.05) is 18.0 Å². The van der Waals surface area contributed by atoms with Crippen LogP contribution < -0.4 is 10.2 Å². The van der Waals surface area contributed by atoms with Crippen LogP contribution in [0.4, 0.5) is 11.5 Å². The van der Waals surface area contributed by atoms with Crippen molar-refractivity contribution in [3.8, 4) is 0 Å². The predicted octanol–water partition coefficient (Wildman–Crippen LogP) is 4.58. The van der Waals surface area contributed by atoms with Crippen LogP contribution in [0.25, 0.3) is 0 Å². The minimum absolute atomic E-state index is 0.164. The Labute approximate surface area is 165 Å². The zero-order valence-electron chi connectivity index (χ0n) is 15.8. The van der Waals surface area contributed by atoms with Gasteiger partial charge in [-0.05, 0) is 66.6 Å². The average molecular weight is 388 g/mol. The van der Waals surface area contributed by atoms with Crippen LogP contribution >= 0.6 is 11.6 Å².